The first-order valence-electron chi connectivity index (χ1n) is 10.4. The van der Waals surface area contributed by atoms with Crippen molar-refractivity contribution in [3.05, 3.63) is 77.5 Å². The van der Waals surface area contributed by atoms with Crippen molar-refractivity contribution in [2.45, 2.75) is 6.54 Å². The fourth-order valence-corrected chi connectivity index (χ4v) is 3.56. The molecule has 0 aliphatic rings. The second-order valence-corrected chi connectivity index (χ2v) is 7.73. The maximum absolute atomic E-state index is 12.5. The highest BCUT2D eigenvalue weighted by molar-refractivity contribution is 6.01. The number of nitrogens with one attached hydrogen (secondary N) is 1. The number of carbonyl (C=O) groups excluding carboxylic acids is 1. The van der Waals surface area contributed by atoms with Gasteiger partial charge in [0.05, 0.1) is 7.11 Å². The molecule has 4 N–H and O–H groups in total. The molecule has 7 nitrogen and oxygen atoms in total. The maximum atomic E-state index is 12.5. The van der Waals surface area contributed by atoms with E-state index >= 15 is 0 Å². The molecule has 0 spiro atoms. The third-order valence-electron chi connectivity index (χ3n) is 5.43. The van der Waals surface area contributed by atoms with Gasteiger partial charge >= 0.3 is 0 Å². The number of phenolic OH excluding ortho intramolecular Hbond substituents is 1. The van der Waals surface area contributed by atoms with Crippen LogP contribution in [0.4, 0.5) is 0 Å². The summed E-state index contributed by atoms with van der Waals surface area (Å²) in [5.74, 6) is 5.96. The summed E-state index contributed by atoms with van der Waals surface area (Å²) in [7, 11) is 5.52. The van der Waals surface area contributed by atoms with Crippen LogP contribution in [0, 0.1) is 0 Å². The molecule has 0 fully saturated rings. The number of likely N-dealkylation sites (N-methyl/N-ethyl adjacent to an activating group) is 2. The first-order valence-corrected chi connectivity index (χ1v) is 10.4. The van der Waals surface area contributed by atoms with Crippen LogP contribution in [0.3, 0.4) is 0 Å². The molecule has 3 aromatic carbocycles. The summed E-state index contributed by atoms with van der Waals surface area (Å²) >= 11 is 0. The van der Waals surface area contributed by atoms with Crippen LogP contribution in [-0.2, 0) is 11.3 Å². The number of hydrogen-bond acceptors (Lipinski definition) is 6. The van der Waals surface area contributed by atoms with Crippen LogP contribution in [0.15, 0.2) is 66.4 Å². The summed E-state index contributed by atoms with van der Waals surface area (Å²) < 4.78 is 5.20. The number of methoxy groups -OCH3 is 1. The Morgan fingerprint density at radius 3 is 2.47 bits per heavy atom. The lowest BCUT2D eigenvalue weighted by Gasteiger charge is -2.25. The van der Waals surface area contributed by atoms with E-state index in [0.29, 0.717) is 17.8 Å². The van der Waals surface area contributed by atoms with Gasteiger partial charge in [0.1, 0.15) is 17.2 Å². The smallest absolute Gasteiger partial charge is 0.281 e. The summed E-state index contributed by atoms with van der Waals surface area (Å²) in [4.78, 5) is 16.6. The molecule has 3 rings (SSSR count). The Morgan fingerprint density at radius 2 is 1.78 bits per heavy atom. The van der Waals surface area contributed by atoms with Gasteiger partial charge in [-0.05, 0) is 47.7 Å². The summed E-state index contributed by atoms with van der Waals surface area (Å²) in [6.07, 6.45) is 1.68. The summed E-state index contributed by atoms with van der Waals surface area (Å²) in [5, 5.41) is 12.3. The lowest BCUT2D eigenvalue weighted by atomic mass is 10.0. The Kier molecular flexibility index (Phi) is 7.70. The molecular formula is C25H30N4O3. The second kappa shape index (κ2) is 10.7. The van der Waals surface area contributed by atoms with E-state index in [1.807, 2.05) is 73.6 Å². The van der Waals surface area contributed by atoms with Crippen molar-refractivity contribution in [2.24, 2.45) is 5.84 Å². The number of nitrogens with two attached hydrogens (primary N) is 1. The van der Waals surface area contributed by atoms with Crippen molar-refractivity contribution in [1.29, 1.82) is 0 Å². The van der Waals surface area contributed by atoms with Gasteiger partial charge in [0, 0.05) is 32.2 Å². The van der Waals surface area contributed by atoms with E-state index in [0.717, 1.165) is 29.6 Å². The normalized spacial score (nSPS) is 11.6. The highest BCUT2D eigenvalue weighted by atomic mass is 16.5. The van der Waals surface area contributed by atoms with Crippen LogP contribution < -0.4 is 16.0 Å². The van der Waals surface area contributed by atoms with Crippen molar-refractivity contribution < 1.29 is 14.6 Å². The zero-order chi connectivity index (χ0) is 23.1. The predicted octanol–water partition coefficient (Wildman–Crippen LogP) is 2.95. The van der Waals surface area contributed by atoms with Gasteiger partial charge < -0.3 is 19.6 Å². The van der Waals surface area contributed by atoms with Crippen molar-refractivity contribution in [3.8, 4) is 11.5 Å². The summed E-state index contributed by atoms with van der Waals surface area (Å²) in [6.45, 7) is 2.08. The predicted molar refractivity (Wildman–Crippen MR) is 128 cm³/mol. The number of hydrazine groups is 1. The average molecular weight is 435 g/mol. The SMILES string of the molecule is COc1ccc(CN(C)CCN(C)C(=Cc2c(O)ccc3ccccc23)C(=O)NN)cc1. The fraction of sp³-hybridized carbons (Fsp3) is 0.240. The first-order chi connectivity index (χ1) is 15.4. The van der Waals surface area contributed by atoms with Gasteiger partial charge in [-0.1, -0.05) is 42.5 Å². The van der Waals surface area contributed by atoms with Crippen LogP contribution in [0.1, 0.15) is 11.1 Å². The minimum absolute atomic E-state index is 0.107. The van der Waals surface area contributed by atoms with Gasteiger partial charge in [0.25, 0.3) is 5.91 Å². The van der Waals surface area contributed by atoms with Crippen LogP contribution in [0.2, 0.25) is 0 Å². The van der Waals surface area contributed by atoms with E-state index in [1.165, 1.54) is 5.56 Å². The third kappa shape index (κ3) is 5.57. The molecule has 0 aliphatic heterocycles. The molecule has 0 aromatic heterocycles. The molecule has 0 atom stereocenters. The Labute approximate surface area is 188 Å². The standard InChI is InChI=1S/C25H30N4O3/c1-28(17-18-8-11-20(32-3)12-9-18)14-15-29(2)23(25(31)27-26)16-22-21-7-5-4-6-19(21)10-13-24(22)30/h4-13,16,30H,14-15,17,26H2,1-3H3,(H,27,31). The maximum Gasteiger partial charge on any atom is 0.281 e. The van der Waals surface area contributed by atoms with E-state index in [-0.39, 0.29) is 5.75 Å². The average Bonchev–Trinajstić information content (AvgIpc) is 2.82. The molecule has 0 bridgehead atoms. The molecule has 32 heavy (non-hydrogen) atoms. The van der Waals surface area contributed by atoms with Gasteiger partial charge in [0.2, 0.25) is 0 Å². The van der Waals surface area contributed by atoms with Crippen LogP contribution in [-0.4, -0.2) is 55.1 Å². The topological polar surface area (TPSA) is 91.1 Å². The molecule has 7 heteroatoms. The van der Waals surface area contributed by atoms with Crippen molar-refractivity contribution in [3.63, 3.8) is 0 Å². The van der Waals surface area contributed by atoms with Gasteiger partial charge in [-0.3, -0.25) is 10.2 Å². The number of benzene rings is 3. The van der Waals surface area contributed by atoms with Crippen molar-refractivity contribution >= 4 is 22.8 Å². The zero-order valence-corrected chi connectivity index (χ0v) is 18.7. The van der Waals surface area contributed by atoms with Crippen LogP contribution in [0.25, 0.3) is 16.8 Å². The number of carbonyl (C=O) groups is 1. The van der Waals surface area contributed by atoms with Gasteiger partial charge in [0.15, 0.2) is 0 Å². The molecule has 0 saturated heterocycles. The Morgan fingerprint density at radius 1 is 1.06 bits per heavy atom. The Bertz CT molecular complexity index is 1100. The van der Waals surface area contributed by atoms with E-state index in [9.17, 15) is 9.90 Å². The molecule has 1 amide bonds. The number of nitrogens with zero attached hydrogens (tertiary/aromatic N) is 2. The number of fused-ring (bicyclic) bond motifs is 1. The van der Waals surface area contributed by atoms with E-state index < -0.39 is 5.91 Å². The van der Waals surface area contributed by atoms with E-state index in [2.05, 4.69) is 10.3 Å². The van der Waals surface area contributed by atoms with Crippen molar-refractivity contribution in [2.75, 3.05) is 34.3 Å². The molecule has 0 aliphatic carbocycles. The van der Waals surface area contributed by atoms with Crippen LogP contribution >= 0.6 is 0 Å². The number of hydrogen-bond donors (Lipinski definition) is 3. The van der Waals surface area contributed by atoms with E-state index in [1.54, 1.807) is 19.3 Å². The Hall–Kier alpha value is -3.55. The molecule has 168 valence electrons. The largest absolute Gasteiger partial charge is 0.507 e. The van der Waals surface area contributed by atoms with Gasteiger partial charge in [-0.25, -0.2) is 5.84 Å². The highest BCUT2D eigenvalue weighted by Gasteiger charge is 2.16. The third-order valence-corrected chi connectivity index (χ3v) is 5.43. The minimum Gasteiger partial charge on any atom is -0.507 e. The second-order valence-electron chi connectivity index (χ2n) is 7.73. The van der Waals surface area contributed by atoms with Crippen LogP contribution in [0.5, 0.6) is 11.5 Å². The fourth-order valence-electron chi connectivity index (χ4n) is 3.56. The quantitative estimate of drug-likeness (QED) is 0.208. The minimum atomic E-state index is -0.419. The van der Waals surface area contributed by atoms with E-state index in [4.69, 9.17) is 10.6 Å². The molecule has 0 heterocycles. The number of amides is 1. The van der Waals surface area contributed by atoms with Crippen molar-refractivity contribution in [1.82, 2.24) is 15.2 Å². The molecule has 0 radical (unpaired) electrons. The Balaban J connectivity index is 1.76. The zero-order valence-electron chi connectivity index (χ0n) is 18.7. The molecule has 0 saturated carbocycles. The molecular weight excluding hydrogens is 404 g/mol. The monoisotopic (exact) mass is 434 g/mol. The molecule has 0 unspecified atom stereocenters. The number of rotatable bonds is 9. The van der Waals surface area contributed by atoms with Gasteiger partial charge in [-0.15, -0.1) is 0 Å². The first kappa shape index (κ1) is 23.1. The number of phenols is 1. The lowest BCUT2D eigenvalue weighted by Crippen LogP contribution is -2.39. The molecule has 3 aromatic rings. The van der Waals surface area contributed by atoms with Gasteiger partial charge in [-0.2, -0.15) is 0 Å². The summed E-state index contributed by atoms with van der Waals surface area (Å²) in [6, 6.07) is 19.2. The number of ether oxygens (including phenoxy) is 1. The number of aromatic hydroxyl groups is 1. The highest BCUT2D eigenvalue weighted by Crippen LogP contribution is 2.29. The lowest BCUT2D eigenvalue weighted by molar-refractivity contribution is -0.118. The summed E-state index contributed by atoms with van der Waals surface area (Å²) in [5.41, 5.74) is 4.34.